The van der Waals surface area contributed by atoms with Gasteiger partial charge < -0.3 is 0 Å². The maximum Gasteiger partial charge on any atom is 0.218 e. The number of nitriles is 2. The minimum absolute atomic E-state index is 0.235. The van der Waals surface area contributed by atoms with Gasteiger partial charge in [-0.25, -0.2) is 0 Å². The van der Waals surface area contributed by atoms with Crippen LogP contribution in [-0.2, 0) is 6.42 Å². The predicted molar refractivity (Wildman–Crippen MR) is 33.9 cm³/mol. The van der Waals surface area contributed by atoms with Gasteiger partial charge >= 0.3 is 0 Å². The van der Waals surface area contributed by atoms with Gasteiger partial charge in [-0.05, 0) is 0 Å². The van der Waals surface area contributed by atoms with Crippen LogP contribution in [0.2, 0.25) is 0 Å². The predicted octanol–water partition coefficient (Wildman–Crippen LogP) is 0.476. The van der Waals surface area contributed by atoms with E-state index in [1.807, 2.05) is 12.1 Å². The van der Waals surface area contributed by atoms with Crippen molar-refractivity contribution in [1.29, 1.82) is 10.5 Å². The first-order chi connectivity index (χ1) is 4.86. The molecule has 0 radical (unpaired) electrons. The second-order valence-corrected chi connectivity index (χ2v) is 2.51. The number of nitrogens with zero attached hydrogens (tertiary/aromatic N) is 4. The van der Waals surface area contributed by atoms with Crippen molar-refractivity contribution >= 4 is 11.3 Å². The minimum atomic E-state index is 0.235. The van der Waals surface area contributed by atoms with Crippen molar-refractivity contribution < 1.29 is 0 Å². The van der Waals surface area contributed by atoms with E-state index in [2.05, 4.69) is 10.2 Å². The lowest BCUT2D eigenvalue weighted by atomic mass is 10.5. The molecule has 0 aliphatic heterocycles. The molecule has 0 spiro atoms. The summed E-state index contributed by atoms with van der Waals surface area (Å²) in [7, 11) is 0. The van der Waals surface area contributed by atoms with Crippen LogP contribution in [0.5, 0.6) is 0 Å². The number of aromatic nitrogens is 2. The fourth-order valence-corrected chi connectivity index (χ4v) is 1.01. The van der Waals surface area contributed by atoms with Crippen LogP contribution in [0.25, 0.3) is 0 Å². The molecule has 0 N–H and O–H groups in total. The molecule has 0 fully saturated rings. The molecule has 0 unspecified atom stereocenters. The second kappa shape index (κ2) is 2.90. The van der Waals surface area contributed by atoms with E-state index in [0.717, 1.165) is 11.3 Å². The molecule has 5 heteroatoms. The molecule has 4 nitrogen and oxygen atoms in total. The molecule has 0 saturated heterocycles. The highest BCUT2D eigenvalue weighted by Gasteiger charge is 2.00. The average molecular weight is 150 g/mol. The Hall–Kier alpha value is -1.46. The standard InChI is InChI=1S/C5H2N4S/c6-2-1-4-8-9-5(3-7)10-4/h1H2. The molecule has 1 rings (SSSR count). The lowest BCUT2D eigenvalue weighted by molar-refractivity contribution is 1.01. The van der Waals surface area contributed by atoms with Gasteiger partial charge in [-0.1, -0.05) is 11.3 Å². The summed E-state index contributed by atoms with van der Waals surface area (Å²) in [6.45, 7) is 0. The quantitative estimate of drug-likeness (QED) is 0.583. The topological polar surface area (TPSA) is 73.4 Å². The molecule has 0 bridgehead atoms. The highest BCUT2D eigenvalue weighted by Crippen LogP contribution is 2.07. The maximum absolute atomic E-state index is 8.29. The van der Waals surface area contributed by atoms with Crippen molar-refractivity contribution in [3.63, 3.8) is 0 Å². The molecule has 0 atom stereocenters. The molecule has 0 aromatic carbocycles. The third-order valence-electron chi connectivity index (χ3n) is 0.793. The Kier molecular flexibility index (Phi) is 1.93. The fraction of sp³-hybridized carbons (Fsp3) is 0.200. The van der Waals surface area contributed by atoms with E-state index >= 15 is 0 Å². The van der Waals surface area contributed by atoms with Crippen LogP contribution in [0.4, 0.5) is 0 Å². The zero-order valence-electron chi connectivity index (χ0n) is 4.90. The Morgan fingerprint density at radius 2 is 2.20 bits per heavy atom. The normalized spacial score (nSPS) is 8.20. The van der Waals surface area contributed by atoms with Crippen LogP contribution in [-0.4, -0.2) is 10.2 Å². The summed E-state index contributed by atoms with van der Waals surface area (Å²) >= 11 is 1.15. The van der Waals surface area contributed by atoms with Gasteiger partial charge in [0.25, 0.3) is 0 Å². The van der Waals surface area contributed by atoms with Gasteiger partial charge in [-0.3, -0.25) is 0 Å². The summed E-state index contributed by atoms with van der Waals surface area (Å²) in [6, 6.07) is 3.76. The van der Waals surface area contributed by atoms with Crippen molar-refractivity contribution in [3.8, 4) is 12.1 Å². The van der Waals surface area contributed by atoms with Crippen LogP contribution in [0.1, 0.15) is 10.0 Å². The average Bonchev–Trinajstić information content (AvgIpc) is 2.37. The number of hydrogen-bond acceptors (Lipinski definition) is 5. The fourth-order valence-electron chi connectivity index (χ4n) is 0.438. The van der Waals surface area contributed by atoms with Gasteiger partial charge in [-0.15, -0.1) is 10.2 Å². The zero-order chi connectivity index (χ0) is 7.40. The van der Waals surface area contributed by atoms with E-state index in [-0.39, 0.29) is 6.42 Å². The van der Waals surface area contributed by atoms with Crippen LogP contribution < -0.4 is 0 Å². The van der Waals surface area contributed by atoms with E-state index < -0.39 is 0 Å². The summed E-state index contributed by atoms with van der Waals surface area (Å²) < 4.78 is 0. The molecule has 0 saturated carbocycles. The molecular formula is C5H2N4S. The van der Waals surface area contributed by atoms with E-state index in [1.54, 1.807) is 0 Å². The first-order valence-corrected chi connectivity index (χ1v) is 3.28. The monoisotopic (exact) mass is 150 g/mol. The summed E-state index contributed by atoms with van der Waals surface area (Å²) in [5.41, 5.74) is 0. The summed E-state index contributed by atoms with van der Waals surface area (Å²) in [5.74, 6) is 0. The Morgan fingerprint density at radius 1 is 1.40 bits per heavy atom. The maximum atomic E-state index is 8.29. The molecule has 1 aromatic heterocycles. The van der Waals surface area contributed by atoms with Crippen LogP contribution in [0.3, 0.4) is 0 Å². The molecule has 1 aromatic rings. The molecule has 0 aliphatic rings. The van der Waals surface area contributed by atoms with Gasteiger partial charge in [0.05, 0.1) is 12.5 Å². The van der Waals surface area contributed by atoms with Gasteiger partial charge in [0.15, 0.2) is 0 Å². The Bertz CT molecular complexity index is 302. The highest BCUT2D eigenvalue weighted by atomic mass is 32.1. The zero-order valence-corrected chi connectivity index (χ0v) is 5.72. The van der Waals surface area contributed by atoms with Gasteiger partial charge in [0.2, 0.25) is 5.01 Å². The molecule has 0 amide bonds. The smallest absolute Gasteiger partial charge is 0.198 e. The van der Waals surface area contributed by atoms with Crippen molar-refractivity contribution in [3.05, 3.63) is 10.0 Å². The molecule has 0 aliphatic carbocycles. The van der Waals surface area contributed by atoms with Gasteiger partial charge in [-0.2, -0.15) is 10.5 Å². The molecule has 1 heterocycles. The lowest BCUT2D eigenvalue weighted by Crippen LogP contribution is -1.77. The largest absolute Gasteiger partial charge is 0.218 e. The lowest BCUT2D eigenvalue weighted by Gasteiger charge is -1.73. The Balaban J connectivity index is 2.83. The first-order valence-electron chi connectivity index (χ1n) is 2.46. The molecular weight excluding hydrogens is 148 g/mol. The Labute approximate surface area is 61.4 Å². The van der Waals surface area contributed by atoms with E-state index in [4.69, 9.17) is 10.5 Å². The SMILES string of the molecule is N#CCc1nnc(C#N)s1. The van der Waals surface area contributed by atoms with Crippen molar-refractivity contribution in [2.75, 3.05) is 0 Å². The molecule has 10 heavy (non-hydrogen) atoms. The minimum Gasteiger partial charge on any atom is -0.198 e. The first kappa shape index (κ1) is 6.66. The van der Waals surface area contributed by atoms with Crippen molar-refractivity contribution in [2.24, 2.45) is 0 Å². The van der Waals surface area contributed by atoms with Gasteiger partial charge in [0.1, 0.15) is 11.1 Å². The van der Waals surface area contributed by atoms with Crippen LogP contribution in [0, 0.1) is 22.7 Å². The highest BCUT2D eigenvalue weighted by molar-refractivity contribution is 7.11. The van der Waals surface area contributed by atoms with Crippen LogP contribution in [0.15, 0.2) is 0 Å². The second-order valence-electron chi connectivity index (χ2n) is 1.45. The van der Waals surface area contributed by atoms with E-state index in [0.29, 0.717) is 10.0 Å². The summed E-state index contributed by atoms with van der Waals surface area (Å²) in [5, 5.41) is 24.5. The molecule has 48 valence electrons. The summed E-state index contributed by atoms with van der Waals surface area (Å²) in [6.07, 6.45) is 0.235. The number of rotatable bonds is 1. The van der Waals surface area contributed by atoms with E-state index in [9.17, 15) is 0 Å². The third-order valence-corrected chi connectivity index (χ3v) is 1.62. The van der Waals surface area contributed by atoms with Crippen molar-refractivity contribution in [1.82, 2.24) is 10.2 Å². The summed E-state index contributed by atoms with van der Waals surface area (Å²) in [4.78, 5) is 0. The third kappa shape index (κ3) is 1.28. The van der Waals surface area contributed by atoms with Gasteiger partial charge in [0, 0.05) is 0 Å². The van der Waals surface area contributed by atoms with Crippen LogP contribution >= 0.6 is 11.3 Å². The van der Waals surface area contributed by atoms with E-state index in [1.165, 1.54) is 0 Å². The van der Waals surface area contributed by atoms with Crippen molar-refractivity contribution in [2.45, 2.75) is 6.42 Å². The number of hydrogen-bond donors (Lipinski definition) is 0. The Morgan fingerprint density at radius 3 is 2.70 bits per heavy atom.